The molecule has 0 saturated carbocycles. The Hall–Kier alpha value is -2.89. The van der Waals surface area contributed by atoms with Gasteiger partial charge in [-0.3, -0.25) is 4.79 Å². The van der Waals surface area contributed by atoms with E-state index in [1.54, 1.807) is 38.5 Å². The van der Waals surface area contributed by atoms with Crippen molar-refractivity contribution in [1.29, 1.82) is 0 Å². The van der Waals surface area contributed by atoms with E-state index in [4.69, 9.17) is 15.2 Å². The van der Waals surface area contributed by atoms with E-state index in [1.807, 2.05) is 19.1 Å². The van der Waals surface area contributed by atoms with E-state index in [1.165, 1.54) is 0 Å². The van der Waals surface area contributed by atoms with Crippen LogP contribution in [-0.2, 0) is 0 Å². The largest absolute Gasteiger partial charge is 0.497 e. The Labute approximate surface area is 135 Å². The van der Waals surface area contributed by atoms with Crippen LogP contribution >= 0.6 is 0 Å². The Bertz CT molecular complexity index is 701. The van der Waals surface area contributed by atoms with Crippen LogP contribution in [0, 0.1) is 0 Å². The molecule has 0 saturated heterocycles. The number of carbonyl (C=O) groups is 1. The lowest BCUT2D eigenvalue weighted by atomic mass is 10.1. The smallest absolute Gasteiger partial charge is 0.251 e. The Kier molecular flexibility index (Phi) is 5.30. The van der Waals surface area contributed by atoms with Crippen LogP contribution < -0.4 is 25.8 Å². The van der Waals surface area contributed by atoms with Crippen molar-refractivity contribution in [3.8, 4) is 11.5 Å². The fourth-order valence-electron chi connectivity index (χ4n) is 2.14. The molecule has 2 aromatic carbocycles. The van der Waals surface area contributed by atoms with Gasteiger partial charge in [-0.15, -0.1) is 0 Å². The predicted molar refractivity (Wildman–Crippen MR) is 91.7 cm³/mol. The van der Waals surface area contributed by atoms with Crippen molar-refractivity contribution in [3.05, 3.63) is 42.0 Å². The molecule has 23 heavy (non-hydrogen) atoms. The molecule has 0 aliphatic rings. The van der Waals surface area contributed by atoms with Gasteiger partial charge in [-0.05, 0) is 37.3 Å². The SMILES string of the molecule is CCNC(=O)c1ccc(Nc2cc(OC)ccc2OC)c(N)c1. The zero-order valence-corrected chi connectivity index (χ0v) is 13.5. The molecule has 6 nitrogen and oxygen atoms in total. The van der Waals surface area contributed by atoms with Crippen LogP contribution in [0.15, 0.2) is 36.4 Å². The number of nitrogens with two attached hydrogens (primary N) is 1. The van der Waals surface area contributed by atoms with Crippen LogP contribution in [0.3, 0.4) is 0 Å². The zero-order valence-electron chi connectivity index (χ0n) is 13.5. The molecule has 2 aromatic rings. The molecule has 0 radical (unpaired) electrons. The molecule has 6 heteroatoms. The standard InChI is InChI=1S/C17H21N3O3/c1-4-19-17(21)11-5-7-14(13(18)9-11)20-15-10-12(22-2)6-8-16(15)23-3/h5-10,20H,4,18H2,1-3H3,(H,19,21). The van der Waals surface area contributed by atoms with Gasteiger partial charge in [-0.25, -0.2) is 0 Å². The van der Waals surface area contributed by atoms with Crippen LogP contribution in [0.1, 0.15) is 17.3 Å². The molecule has 0 unspecified atom stereocenters. The van der Waals surface area contributed by atoms with Gasteiger partial charge in [-0.2, -0.15) is 0 Å². The van der Waals surface area contributed by atoms with Crippen molar-refractivity contribution in [2.24, 2.45) is 0 Å². The number of carbonyl (C=O) groups excluding carboxylic acids is 1. The number of hydrogen-bond donors (Lipinski definition) is 3. The third kappa shape index (κ3) is 3.85. The highest BCUT2D eigenvalue weighted by atomic mass is 16.5. The van der Waals surface area contributed by atoms with Gasteiger partial charge < -0.3 is 25.8 Å². The molecule has 122 valence electrons. The maximum absolute atomic E-state index is 11.8. The molecule has 0 aliphatic heterocycles. The first-order valence-electron chi connectivity index (χ1n) is 7.25. The number of methoxy groups -OCH3 is 2. The monoisotopic (exact) mass is 315 g/mol. The summed E-state index contributed by atoms with van der Waals surface area (Å²) in [6.45, 7) is 2.44. The van der Waals surface area contributed by atoms with E-state index in [9.17, 15) is 4.79 Å². The number of benzene rings is 2. The van der Waals surface area contributed by atoms with E-state index >= 15 is 0 Å². The molecule has 0 fully saturated rings. The molecule has 0 aliphatic carbocycles. The summed E-state index contributed by atoms with van der Waals surface area (Å²) in [5.41, 5.74) is 8.45. The van der Waals surface area contributed by atoms with Gasteiger partial charge in [0.2, 0.25) is 0 Å². The number of nitrogens with one attached hydrogen (secondary N) is 2. The highest BCUT2D eigenvalue weighted by Gasteiger charge is 2.10. The highest BCUT2D eigenvalue weighted by Crippen LogP contribution is 2.33. The van der Waals surface area contributed by atoms with Gasteiger partial charge in [0, 0.05) is 18.2 Å². The molecule has 2 rings (SSSR count). The van der Waals surface area contributed by atoms with E-state index in [-0.39, 0.29) is 5.91 Å². The molecular weight excluding hydrogens is 294 g/mol. The summed E-state index contributed by atoms with van der Waals surface area (Å²) < 4.78 is 10.5. The fourth-order valence-corrected chi connectivity index (χ4v) is 2.14. The van der Waals surface area contributed by atoms with Crippen molar-refractivity contribution in [1.82, 2.24) is 5.32 Å². The van der Waals surface area contributed by atoms with Gasteiger partial charge in [0.1, 0.15) is 11.5 Å². The minimum absolute atomic E-state index is 0.148. The lowest BCUT2D eigenvalue weighted by Gasteiger charge is -2.14. The van der Waals surface area contributed by atoms with Crippen molar-refractivity contribution in [3.63, 3.8) is 0 Å². The molecular formula is C17H21N3O3. The summed E-state index contributed by atoms with van der Waals surface area (Å²) in [6.07, 6.45) is 0. The Morgan fingerprint density at radius 3 is 2.48 bits per heavy atom. The van der Waals surface area contributed by atoms with E-state index < -0.39 is 0 Å². The van der Waals surface area contributed by atoms with Crippen molar-refractivity contribution in [2.45, 2.75) is 6.92 Å². The number of nitrogen functional groups attached to an aromatic ring is 1. The molecule has 4 N–H and O–H groups in total. The molecule has 0 heterocycles. The number of hydrogen-bond acceptors (Lipinski definition) is 5. The second-order valence-electron chi connectivity index (χ2n) is 4.85. The first kappa shape index (κ1) is 16.5. The second-order valence-corrected chi connectivity index (χ2v) is 4.85. The minimum Gasteiger partial charge on any atom is -0.497 e. The maximum atomic E-state index is 11.8. The molecule has 0 atom stereocenters. The number of anilines is 3. The fraction of sp³-hybridized carbons (Fsp3) is 0.235. The highest BCUT2D eigenvalue weighted by molar-refractivity contribution is 5.96. The summed E-state index contributed by atoms with van der Waals surface area (Å²) in [5, 5.41) is 5.94. The first-order valence-corrected chi connectivity index (χ1v) is 7.25. The van der Waals surface area contributed by atoms with Crippen molar-refractivity contribution >= 4 is 23.0 Å². The number of amides is 1. The molecule has 0 bridgehead atoms. The van der Waals surface area contributed by atoms with E-state index in [0.29, 0.717) is 35.0 Å². The quantitative estimate of drug-likeness (QED) is 0.714. The van der Waals surface area contributed by atoms with Crippen LogP contribution in [0.2, 0.25) is 0 Å². The Morgan fingerprint density at radius 2 is 1.87 bits per heavy atom. The maximum Gasteiger partial charge on any atom is 0.251 e. The van der Waals surface area contributed by atoms with Crippen molar-refractivity contribution in [2.75, 3.05) is 31.8 Å². The minimum atomic E-state index is -0.148. The number of rotatable bonds is 6. The van der Waals surface area contributed by atoms with Crippen LogP contribution in [0.5, 0.6) is 11.5 Å². The van der Waals surface area contributed by atoms with Crippen LogP contribution in [0.4, 0.5) is 17.1 Å². The number of ether oxygens (including phenoxy) is 2. The van der Waals surface area contributed by atoms with Gasteiger partial charge in [0.15, 0.2) is 0 Å². The van der Waals surface area contributed by atoms with E-state index in [0.717, 1.165) is 5.69 Å². The normalized spacial score (nSPS) is 10.0. The van der Waals surface area contributed by atoms with E-state index in [2.05, 4.69) is 10.6 Å². The predicted octanol–water partition coefficient (Wildman–Crippen LogP) is 2.78. The van der Waals surface area contributed by atoms with Gasteiger partial charge in [-0.1, -0.05) is 0 Å². The first-order chi connectivity index (χ1) is 11.1. The van der Waals surface area contributed by atoms with Gasteiger partial charge in [0.25, 0.3) is 5.91 Å². The Morgan fingerprint density at radius 1 is 1.09 bits per heavy atom. The van der Waals surface area contributed by atoms with Gasteiger partial charge in [0.05, 0.1) is 31.3 Å². The van der Waals surface area contributed by atoms with Crippen LogP contribution in [-0.4, -0.2) is 26.7 Å². The molecule has 0 spiro atoms. The average molecular weight is 315 g/mol. The molecule has 1 amide bonds. The summed E-state index contributed by atoms with van der Waals surface area (Å²) in [5.74, 6) is 1.22. The zero-order chi connectivity index (χ0) is 16.8. The summed E-state index contributed by atoms with van der Waals surface area (Å²) in [4.78, 5) is 11.8. The van der Waals surface area contributed by atoms with Crippen LogP contribution in [0.25, 0.3) is 0 Å². The third-order valence-corrected chi connectivity index (χ3v) is 3.33. The Balaban J connectivity index is 2.28. The third-order valence-electron chi connectivity index (χ3n) is 3.33. The summed E-state index contributed by atoms with van der Waals surface area (Å²) >= 11 is 0. The second kappa shape index (κ2) is 7.40. The van der Waals surface area contributed by atoms with Crippen molar-refractivity contribution < 1.29 is 14.3 Å². The lowest BCUT2D eigenvalue weighted by Crippen LogP contribution is -2.22. The average Bonchev–Trinajstić information content (AvgIpc) is 2.56. The topological polar surface area (TPSA) is 85.6 Å². The molecule has 0 aromatic heterocycles. The summed E-state index contributed by atoms with van der Waals surface area (Å²) in [7, 11) is 3.19. The van der Waals surface area contributed by atoms with Gasteiger partial charge >= 0.3 is 0 Å². The lowest BCUT2D eigenvalue weighted by molar-refractivity contribution is 0.0956. The summed E-state index contributed by atoms with van der Waals surface area (Å²) in [6, 6.07) is 10.6.